The second-order valence-corrected chi connectivity index (χ2v) is 10.4. The van der Waals surface area contributed by atoms with E-state index in [1.807, 2.05) is 84.9 Å². The summed E-state index contributed by atoms with van der Waals surface area (Å²) in [6, 6.07) is 26.3. The van der Waals surface area contributed by atoms with E-state index in [-0.39, 0.29) is 25.5 Å². The monoisotopic (exact) mass is 613 g/mol. The van der Waals surface area contributed by atoms with E-state index in [0.717, 1.165) is 29.2 Å². The zero-order valence-electron chi connectivity index (χ0n) is 25.3. The van der Waals surface area contributed by atoms with Gasteiger partial charge in [0.2, 0.25) is 11.8 Å². The van der Waals surface area contributed by atoms with Gasteiger partial charge in [0.1, 0.15) is 0 Å². The molecule has 1 heterocycles. The fourth-order valence-electron chi connectivity index (χ4n) is 4.66. The minimum atomic E-state index is -1.83. The second kappa shape index (κ2) is 16.5. The number of nitrogens with zero attached hydrogens (tertiary/aromatic N) is 3. The van der Waals surface area contributed by atoms with Crippen molar-refractivity contribution in [2.24, 2.45) is 22.2 Å². The number of nitrogens with one attached hydrogen (secondary N) is 1. The number of Topliss-reactive ketones (excluding diaryl/α,β-unsaturated/α-hetero) is 1. The van der Waals surface area contributed by atoms with E-state index in [2.05, 4.69) is 20.4 Å². The highest BCUT2D eigenvalue weighted by atomic mass is 16.5. The van der Waals surface area contributed by atoms with Crippen LogP contribution in [0.4, 0.5) is 0 Å². The van der Waals surface area contributed by atoms with E-state index in [1.165, 1.54) is 0 Å². The third-order valence-corrected chi connectivity index (χ3v) is 6.80. The molecule has 0 radical (unpaired) electrons. The largest absolute Gasteiger partial charge is 0.481 e. The Hall–Kier alpha value is -5.36. The molecule has 45 heavy (non-hydrogen) atoms. The SMILES string of the molecule is CC(=O)O.Cc1noc(Cc2ccc(CNC(=O)[C@@](N)(CCCN=C(N)N)C(=O)C(c3ccccc3)c3ccccc3)cc2)n1. The number of hydrogen-bond acceptors (Lipinski definition) is 8. The van der Waals surface area contributed by atoms with Gasteiger partial charge in [0.25, 0.3) is 5.97 Å². The number of rotatable bonds is 13. The summed E-state index contributed by atoms with van der Waals surface area (Å²) in [5, 5.41) is 14.1. The van der Waals surface area contributed by atoms with Crippen LogP contribution in [0.25, 0.3) is 0 Å². The van der Waals surface area contributed by atoms with Crippen LogP contribution in [0.3, 0.4) is 0 Å². The summed E-state index contributed by atoms with van der Waals surface area (Å²) in [5.41, 5.74) is 19.2. The van der Waals surface area contributed by atoms with E-state index < -0.39 is 29.1 Å². The maximum atomic E-state index is 14.3. The van der Waals surface area contributed by atoms with Gasteiger partial charge in [-0.2, -0.15) is 4.98 Å². The van der Waals surface area contributed by atoms with Crippen molar-refractivity contribution in [1.82, 2.24) is 15.5 Å². The van der Waals surface area contributed by atoms with Crippen molar-refractivity contribution in [1.29, 1.82) is 0 Å². The van der Waals surface area contributed by atoms with Gasteiger partial charge >= 0.3 is 0 Å². The summed E-state index contributed by atoms with van der Waals surface area (Å²) in [5.74, 6) is -1.48. The van der Waals surface area contributed by atoms with Crippen LogP contribution in [-0.2, 0) is 27.3 Å². The molecule has 1 atom stereocenters. The molecule has 0 aliphatic heterocycles. The zero-order valence-corrected chi connectivity index (χ0v) is 25.3. The Kier molecular flexibility index (Phi) is 12.5. The lowest BCUT2D eigenvalue weighted by molar-refractivity contribution is -0.137. The summed E-state index contributed by atoms with van der Waals surface area (Å²) in [6.45, 7) is 3.29. The highest BCUT2D eigenvalue weighted by Crippen LogP contribution is 2.31. The first-order valence-corrected chi connectivity index (χ1v) is 14.3. The predicted molar refractivity (Wildman–Crippen MR) is 170 cm³/mol. The first-order valence-electron chi connectivity index (χ1n) is 14.3. The minimum absolute atomic E-state index is 0.0625. The molecular formula is C33H39N7O5. The molecule has 1 amide bonds. The van der Waals surface area contributed by atoms with E-state index in [0.29, 0.717) is 24.6 Å². The molecule has 0 aliphatic rings. The molecule has 1 aromatic heterocycles. The van der Waals surface area contributed by atoms with E-state index in [4.69, 9.17) is 31.6 Å². The number of aromatic nitrogens is 2. The number of amides is 1. The van der Waals surface area contributed by atoms with Crippen molar-refractivity contribution in [2.45, 2.75) is 51.1 Å². The fourth-order valence-corrected chi connectivity index (χ4v) is 4.66. The van der Waals surface area contributed by atoms with Crippen LogP contribution in [0.5, 0.6) is 0 Å². The van der Waals surface area contributed by atoms with Crippen LogP contribution >= 0.6 is 0 Å². The van der Waals surface area contributed by atoms with Gasteiger partial charge in [0.15, 0.2) is 23.1 Å². The number of hydrogen-bond donors (Lipinski definition) is 5. The normalized spacial score (nSPS) is 11.9. The quantitative estimate of drug-likeness (QED) is 0.0643. The smallest absolute Gasteiger partial charge is 0.300 e. The zero-order chi connectivity index (χ0) is 32.8. The second-order valence-electron chi connectivity index (χ2n) is 10.4. The molecular weight excluding hydrogens is 574 g/mol. The van der Waals surface area contributed by atoms with Crippen molar-refractivity contribution in [3.8, 4) is 0 Å². The van der Waals surface area contributed by atoms with E-state index in [1.54, 1.807) is 6.92 Å². The average molecular weight is 614 g/mol. The van der Waals surface area contributed by atoms with E-state index >= 15 is 0 Å². The molecule has 236 valence electrons. The molecule has 0 saturated heterocycles. The number of aryl methyl sites for hydroxylation is 1. The molecule has 0 fully saturated rings. The Balaban J connectivity index is 0.00000130. The van der Waals surface area contributed by atoms with Crippen LogP contribution in [0.15, 0.2) is 94.4 Å². The lowest BCUT2D eigenvalue weighted by Crippen LogP contribution is -2.61. The van der Waals surface area contributed by atoms with Gasteiger partial charge < -0.3 is 32.1 Å². The molecule has 8 N–H and O–H groups in total. The molecule has 0 aliphatic carbocycles. The number of ketones is 1. The van der Waals surface area contributed by atoms with Crippen molar-refractivity contribution < 1.29 is 24.0 Å². The minimum Gasteiger partial charge on any atom is -0.481 e. The molecule has 0 bridgehead atoms. The number of guanidine groups is 1. The third kappa shape index (κ3) is 10.4. The molecule has 4 rings (SSSR count). The lowest BCUT2D eigenvalue weighted by atomic mass is 9.76. The Morgan fingerprint density at radius 2 is 1.47 bits per heavy atom. The summed E-state index contributed by atoms with van der Waals surface area (Å²) >= 11 is 0. The number of carbonyl (C=O) groups excluding carboxylic acids is 2. The summed E-state index contributed by atoms with van der Waals surface area (Å²) in [7, 11) is 0. The van der Waals surface area contributed by atoms with Gasteiger partial charge in [-0.25, -0.2) is 0 Å². The van der Waals surface area contributed by atoms with Gasteiger partial charge in [-0.05, 0) is 42.0 Å². The molecule has 12 heteroatoms. The number of nitrogens with two attached hydrogens (primary N) is 3. The Bertz CT molecular complexity index is 1530. The van der Waals surface area contributed by atoms with Crippen LogP contribution < -0.4 is 22.5 Å². The molecule has 4 aromatic rings. The van der Waals surface area contributed by atoms with Gasteiger partial charge in [-0.1, -0.05) is 90.1 Å². The molecule has 0 spiro atoms. The first kappa shape index (κ1) is 34.1. The standard InChI is InChI=1S/C31H35N7O3.C2H4O2/c1-21-37-26(41-38-21)19-22-13-15-23(16-14-22)20-36-29(40)31(34,17-8-18-35-30(32)33)28(39)27(24-9-4-2-5-10-24)25-11-6-3-7-12-25;1-2(3)4/h2-7,9-16,27H,8,17-20,34H2,1H3,(H,36,40)(H4,32,33,35);1H3,(H,3,4)/t31-;/m1./s1. The maximum absolute atomic E-state index is 14.3. The first-order chi connectivity index (χ1) is 21.5. The number of benzene rings is 3. The number of aliphatic imine (C=N–C) groups is 1. The van der Waals surface area contributed by atoms with E-state index in [9.17, 15) is 9.59 Å². The van der Waals surface area contributed by atoms with Gasteiger partial charge in [0.05, 0.1) is 12.3 Å². The Labute approximate surface area is 261 Å². The van der Waals surface area contributed by atoms with Crippen LogP contribution in [0.1, 0.15) is 59.7 Å². The van der Waals surface area contributed by atoms with Crippen LogP contribution in [0.2, 0.25) is 0 Å². The van der Waals surface area contributed by atoms with Gasteiger partial charge in [-0.3, -0.25) is 19.4 Å². The number of carboxylic acid groups (broad SMARTS) is 1. The number of aliphatic carboxylic acids is 1. The Morgan fingerprint density at radius 1 is 0.933 bits per heavy atom. The van der Waals surface area contributed by atoms with Crippen LogP contribution in [0, 0.1) is 6.92 Å². The van der Waals surface area contributed by atoms with Crippen molar-refractivity contribution >= 4 is 23.6 Å². The molecule has 12 nitrogen and oxygen atoms in total. The van der Waals surface area contributed by atoms with Crippen molar-refractivity contribution in [2.75, 3.05) is 6.54 Å². The van der Waals surface area contributed by atoms with Crippen molar-refractivity contribution in [3.63, 3.8) is 0 Å². The maximum Gasteiger partial charge on any atom is 0.300 e. The predicted octanol–water partition coefficient (Wildman–Crippen LogP) is 2.83. The lowest BCUT2D eigenvalue weighted by Gasteiger charge is -2.31. The number of carboxylic acids is 1. The van der Waals surface area contributed by atoms with Crippen molar-refractivity contribution in [3.05, 3.63) is 119 Å². The average Bonchev–Trinajstić information content (AvgIpc) is 3.43. The van der Waals surface area contributed by atoms with Gasteiger partial charge in [0, 0.05) is 20.0 Å². The van der Waals surface area contributed by atoms with Crippen LogP contribution in [-0.4, -0.2) is 51.0 Å². The van der Waals surface area contributed by atoms with Gasteiger partial charge in [-0.15, -0.1) is 0 Å². The summed E-state index contributed by atoms with van der Waals surface area (Å²) in [6.07, 6.45) is 0.908. The molecule has 3 aromatic carbocycles. The topological polar surface area (TPSA) is 213 Å². The summed E-state index contributed by atoms with van der Waals surface area (Å²) in [4.78, 5) is 45.2. The molecule has 0 saturated carbocycles. The Morgan fingerprint density at radius 3 is 1.96 bits per heavy atom. The third-order valence-electron chi connectivity index (χ3n) is 6.80. The fraction of sp³-hybridized carbons (Fsp3) is 0.273. The summed E-state index contributed by atoms with van der Waals surface area (Å²) < 4.78 is 5.19. The number of carbonyl (C=O) groups is 3. The molecule has 0 unspecified atom stereocenters. The highest BCUT2D eigenvalue weighted by molar-refractivity contribution is 6.13. The highest BCUT2D eigenvalue weighted by Gasteiger charge is 2.45.